The molecule has 10 nitrogen and oxygen atoms in total. The number of hydrogen-bond acceptors (Lipinski definition) is 8. The van der Waals surface area contributed by atoms with Crippen LogP contribution in [-0.4, -0.2) is 62.5 Å². The second-order valence-corrected chi connectivity index (χ2v) is 10.3. The number of likely N-dealkylation sites (N-methyl/N-ethyl adjacent to an activating group) is 1. The molecule has 0 unspecified atom stereocenters. The van der Waals surface area contributed by atoms with Gasteiger partial charge in [0.15, 0.2) is 0 Å². The molecule has 1 fully saturated rings. The molecule has 1 amide bonds. The Labute approximate surface area is 236 Å². The van der Waals surface area contributed by atoms with Gasteiger partial charge in [-0.05, 0) is 57.3 Å². The monoisotopic (exact) mass is 552 g/mol. The van der Waals surface area contributed by atoms with Gasteiger partial charge >= 0.3 is 0 Å². The number of nitrogens with zero attached hydrogens (tertiary/aromatic N) is 7. The molecular weight excluding hydrogens is 523 g/mol. The molecule has 2 aromatic carbocycles. The van der Waals surface area contributed by atoms with E-state index in [0.717, 1.165) is 22.2 Å². The summed E-state index contributed by atoms with van der Waals surface area (Å²) in [5.74, 6) is 1.30. The second kappa shape index (κ2) is 10.6. The smallest absolute Gasteiger partial charge is 0.255 e. The number of imidazole rings is 1. The number of carbonyl (C=O) groups excluding carboxylic acids is 1. The van der Waals surface area contributed by atoms with Crippen LogP contribution in [0.25, 0.3) is 21.9 Å². The van der Waals surface area contributed by atoms with Crippen molar-refractivity contribution < 1.29 is 13.9 Å². The van der Waals surface area contributed by atoms with Crippen molar-refractivity contribution in [2.75, 3.05) is 37.4 Å². The Bertz CT molecular complexity index is 1830. The maximum Gasteiger partial charge on any atom is 0.255 e. The van der Waals surface area contributed by atoms with Crippen molar-refractivity contribution in [3.63, 3.8) is 0 Å². The zero-order valence-corrected chi connectivity index (χ0v) is 23.2. The molecule has 1 aliphatic rings. The first-order valence-corrected chi connectivity index (χ1v) is 13.2. The van der Waals surface area contributed by atoms with Crippen molar-refractivity contribution >= 4 is 45.2 Å². The largest absolute Gasteiger partial charge is 0.457 e. The summed E-state index contributed by atoms with van der Waals surface area (Å²) >= 11 is 0. The van der Waals surface area contributed by atoms with Gasteiger partial charge in [0.2, 0.25) is 0 Å². The van der Waals surface area contributed by atoms with Crippen LogP contribution >= 0.6 is 0 Å². The molecule has 0 bridgehead atoms. The Morgan fingerprint density at radius 3 is 2.78 bits per heavy atom. The Morgan fingerprint density at radius 1 is 1.10 bits per heavy atom. The summed E-state index contributed by atoms with van der Waals surface area (Å²) in [6, 6.07) is 10.4. The third kappa shape index (κ3) is 5.19. The van der Waals surface area contributed by atoms with Gasteiger partial charge in [-0.3, -0.25) is 9.69 Å². The summed E-state index contributed by atoms with van der Waals surface area (Å²) in [5.41, 5.74) is 4.08. The zero-order chi connectivity index (χ0) is 28.7. The maximum absolute atomic E-state index is 15.3. The molecule has 41 heavy (non-hydrogen) atoms. The van der Waals surface area contributed by atoms with Crippen LogP contribution in [0.2, 0.25) is 0 Å². The van der Waals surface area contributed by atoms with Crippen LogP contribution in [0, 0.1) is 12.7 Å². The van der Waals surface area contributed by atoms with Crippen molar-refractivity contribution in [1.29, 1.82) is 0 Å². The van der Waals surface area contributed by atoms with E-state index in [9.17, 15) is 4.79 Å². The highest BCUT2D eigenvalue weighted by Crippen LogP contribution is 2.34. The molecule has 6 rings (SSSR count). The lowest BCUT2D eigenvalue weighted by atomic mass is 10.1. The van der Waals surface area contributed by atoms with Crippen LogP contribution in [-0.2, 0) is 11.8 Å². The van der Waals surface area contributed by atoms with Crippen LogP contribution < -0.4 is 15.0 Å². The number of carbonyl (C=O) groups is 1. The van der Waals surface area contributed by atoms with Crippen LogP contribution in [0.3, 0.4) is 0 Å². The predicted octanol–water partition coefficient (Wildman–Crippen LogP) is 5.12. The molecule has 3 aromatic heterocycles. The molecule has 0 atom stereocenters. The summed E-state index contributed by atoms with van der Waals surface area (Å²) in [7, 11) is 5.84. The number of aromatic nitrogens is 5. The first-order valence-electron chi connectivity index (χ1n) is 13.2. The van der Waals surface area contributed by atoms with Gasteiger partial charge in [0.1, 0.15) is 35.3 Å². The predicted molar refractivity (Wildman–Crippen MR) is 156 cm³/mol. The van der Waals surface area contributed by atoms with E-state index in [1.807, 2.05) is 61.8 Å². The van der Waals surface area contributed by atoms with Gasteiger partial charge in [0.25, 0.3) is 5.91 Å². The highest BCUT2D eigenvalue weighted by atomic mass is 19.1. The first-order chi connectivity index (χ1) is 19.8. The average Bonchev–Trinajstić information content (AvgIpc) is 3.51. The normalized spacial score (nSPS) is 14.6. The molecule has 1 aliphatic heterocycles. The first kappa shape index (κ1) is 26.3. The Hall–Kier alpha value is -4.90. The zero-order valence-electron chi connectivity index (χ0n) is 23.2. The van der Waals surface area contributed by atoms with E-state index in [0.29, 0.717) is 53.5 Å². The standard InChI is InChI=1S/C30H29FN8O2/c1-18-11-23(22(31)14-27(18)41-20-5-6-26-24(12-20)35-17-38(26)4)36-29-21-13-28(32-15-25(21)33-16-34-29)39-10-8-19(30(39)40)7-9-37(2)3/h5-7,11-17H,8-10H2,1-4H3,(H,33,34,36)/b19-7+. The van der Waals surface area contributed by atoms with E-state index in [2.05, 4.69) is 25.3 Å². The molecule has 208 valence electrons. The number of anilines is 3. The molecule has 5 aromatic rings. The topological polar surface area (TPSA) is 101 Å². The van der Waals surface area contributed by atoms with Crippen molar-refractivity contribution in [3.05, 3.63) is 78.3 Å². The second-order valence-electron chi connectivity index (χ2n) is 10.3. The van der Waals surface area contributed by atoms with Crippen molar-refractivity contribution in [2.24, 2.45) is 7.05 Å². The minimum atomic E-state index is -0.504. The van der Waals surface area contributed by atoms with Crippen molar-refractivity contribution in [3.8, 4) is 11.5 Å². The lowest BCUT2D eigenvalue weighted by Gasteiger charge is -2.16. The average molecular weight is 553 g/mol. The number of ether oxygens (including phenoxy) is 1. The summed E-state index contributed by atoms with van der Waals surface area (Å²) in [4.78, 5) is 34.2. The number of aryl methyl sites for hydroxylation is 2. The van der Waals surface area contributed by atoms with E-state index >= 15 is 4.39 Å². The lowest BCUT2D eigenvalue weighted by Crippen LogP contribution is -2.25. The fourth-order valence-corrected chi connectivity index (χ4v) is 4.81. The number of hydrogen-bond donors (Lipinski definition) is 1. The Balaban J connectivity index is 1.26. The quantitative estimate of drug-likeness (QED) is 0.278. The van der Waals surface area contributed by atoms with Crippen LogP contribution in [0.1, 0.15) is 12.0 Å². The minimum absolute atomic E-state index is 0.0653. The summed E-state index contributed by atoms with van der Waals surface area (Å²) in [5, 5.41) is 3.72. The summed E-state index contributed by atoms with van der Waals surface area (Å²) in [6.45, 7) is 3.08. The van der Waals surface area contributed by atoms with Crippen LogP contribution in [0.5, 0.6) is 11.5 Å². The van der Waals surface area contributed by atoms with E-state index in [1.165, 1.54) is 12.4 Å². The number of halogens is 1. The molecular formula is C30H29FN8O2. The van der Waals surface area contributed by atoms with Crippen molar-refractivity contribution in [2.45, 2.75) is 13.3 Å². The molecule has 11 heteroatoms. The third-order valence-corrected chi connectivity index (χ3v) is 7.05. The molecule has 4 heterocycles. The Morgan fingerprint density at radius 2 is 1.95 bits per heavy atom. The van der Waals surface area contributed by atoms with E-state index in [4.69, 9.17) is 4.74 Å². The molecule has 1 N–H and O–H groups in total. The minimum Gasteiger partial charge on any atom is -0.457 e. The number of amides is 1. The van der Waals surface area contributed by atoms with Gasteiger partial charge in [-0.25, -0.2) is 24.3 Å². The number of benzene rings is 2. The van der Waals surface area contributed by atoms with Crippen molar-refractivity contribution in [1.82, 2.24) is 29.4 Å². The number of nitrogens with one attached hydrogen (secondary N) is 1. The third-order valence-electron chi connectivity index (χ3n) is 7.05. The van der Waals surface area contributed by atoms with Crippen LogP contribution in [0.4, 0.5) is 21.7 Å². The number of pyridine rings is 1. The van der Waals surface area contributed by atoms with Gasteiger partial charge in [-0.2, -0.15) is 0 Å². The van der Waals surface area contributed by atoms with Gasteiger partial charge < -0.3 is 19.5 Å². The Kier molecular flexibility index (Phi) is 6.80. The molecule has 0 radical (unpaired) electrons. The van der Waals surface area contributed by atoms with E-state index < -0.39 is 5.82 Å². The van der Waals surface area contributed by atoms with Gasteiger partial charge in [0.05, 0.1) is 34.8 Å². The lowest BCUT2D eigenvalue weighted by molar-refractivity contribution is -0.114. The van der Waals surface area contributed by atoms with Gasteiger partial charge in [0, 0.05) is 43.2 Å². The van der Waals surface area contributed by atoms with Crippen LogP contribution in [0.15, 0.2) is 66.9 Å². The summed E-state index contributed by atoms with van der Waals surface area (Å²) in [6.07, 6.45) is 7.33. The molecule has 0 saturated carbocycles. The molecule has 0 spiro atoms. The molecule has 0 aliphatic carbocycles. The van der Waals surface area contributed by atoms with E-state index in [-0.39, 0.29) is 11.6 Å². The number of fused-ring (bicyclic) bond motifs is 2. The fraction of sp³-hybridized carbons (Fsp3) is 0.233. The number of rotatable bonds is 7. The van der Waals surface area contributed by atoms with Gasteiger partial charge in [-0.1, -0.05) is 6.08 Å². The highest BCUT2D eigenvalue weighted by molar-refractivity contribution is 6.08. The maximum atomic E-state index is 15.3. The molecule has 1 saturated heterocycles. The fourth-order valence-electron chi connectivity index (χ4n) is 4.81. The summed E-state index contributed by atoms with van der Waals surface area (Å²) < 4.78 is 23.3. The van der Waals surface area contributed by atoms with E-state index in [1.54, 1.807) is 29.6 Å². The SMILES string of the molecule is Cc1cc(Nc2ncnc3cnc(N4CC/C(=C\CN(C)C)C4=O)cc23)c(F)cc1Oc1ccc2c(c1)ncn2C. The van der Waals surface area contributed by atoms with Gasteiger partial charge in [-0.15, -0.1) is 0 Å². The highest BCUT2D eigenvalue weighted by Gasteiger charge is 2.28.